The molecule has 1 heterocycles. The number of nitrogens with zero attached hydrogens (tertiary/aromatic N) is 2. The predicted octanol–water partition coefficient (Wildman–Crippen LogP) is 6.72. The summed E-state index contributed by atoms with van der Waals surface area (Å²) in [4.78, 5) is 12.6. The summed E-state index contributed by atoms with van der Waals surface area (Å²) in [5.41, 5.74) is 2.82. The van der Waals surface area contributed by atoms with Crippen LogP contribution in [-0.2, 0) is 13.2 Å². The summed E-state index contributed by atoms with van der Waals surface area (Å²) in [6.45, 7) is 0.789. The molecule has 4 rings (SSSR count). The molecule has 5 nitrogen and oxygen atoms in total. The van der Waals surface area contributed by atoms with Crippen LogP contribution in [0.1, 0.15) is 21.5 Å². The van der Waals surface area contributed by atoms with Crippen LogP contribution in [0.15, 0.2) is 79.1 Å². The first-order valence-corrected chi connectivity index (χ1v) is 10.9. The van der Waals surface area contributed by atoms with Crippen LogP contribution < -0.4 is 10.1 Å². The van der Waals surface area contributed by atoms with Gasteiger partial charge in [0.25, 0.3) is 5.91 Å². The molecule has 32 heavy (non-hydrogen) atoms. The van der Waals surface area contributed by atoms with E-state index in [9.17, 15) is 4.79 Å². The average molecular weight is 487 g/mol. The third-order valence-electron chi connectivity index (χ3n) is 4.71. The molecular formula is C24H18Cl3N3O2. The second-order valence-electron chi connectivity index (χ2n) is 7.02. The summed E-state index contributed by atoms with van der Waals surface area (Å²) >= 11 is 18.3. The molecule has 0 atom stereocenters. The number of carbonyl (C=O) groups excluding carboxylic acids is 1. The van der Waals surface area contributed by atoms with Gasteiger partial charge in [0.2, 0.25) is 0 Å². The van der Waals surface area contributed by atoms with Crippen LogP contribution >= 0.6 is 34.8 Å². The predicted molar refractivity (Wildman–Crippen MR) is 128 cm³/mol. The van der Waals surface area contributed by atoms with Crippen LogP contribution in [0.25, 0.3) is 0 Å². The lowest BCUT2D eigenvalue weighted by Crippen LogP contribution is -2.11. The molecule has 0 fully saturated rings. The van der Waals surface area contributed by atoms with E-state index >= 15 is 0 Å². The number of halogens is 3. The number of hydrogen-bond donors (Lipinski definition) is 1. The van der Waals surface area contributed by atoms with Crippen molar-refractivity contribution in [2.75, 3.05) is 5.32 Å². The molecule has 8 heteroatoms. The van der Waals surface area contributed by atoms with Gasteiger partial charge < -0.3 is 10.1 Å². The van der Waals surface area contributed by atoms with Crippen LogP contribution in [0.5, 0.6) is 5.75 Å². The lowest BCUT2D eigenvalue weighted by Gasteiger charge is -2.08. The molecule has 0 spiro atoms. The van der Waals surface area contributed by atoms with E-state index in [0.29, 0.717) is 39.5 Å². The van der Waals surface area contributed by atoms with Crippen molar-refractivity contribution in [1.29, 1.82) is 0 Å². The largest absolute Gasteiger partial charge is 0.489 e. The van der Waals surface area contributed by atoms with Crippen molar-refractivity contribution < 1.29 is 9.53 Å². The highest BCUT2D eigenvalue weighted by Gasteiger charge is 2.10. The smallest absolute Gasteiger partial charge is 0.255 e. The van der Waals surface area contributed by atoms with Gasteiger partial charge >= 0.3 is 0 Å². The van der Waals surface area contributed by atoms with Crippen LogP contribution in [-0.4, -0.2) is 15.7 Å². The topological polar surface area (TPSA) is 56.2 Å². The molecule has 0 aliphatic heterocycles. The fraction of sp³-hybridized carbons (Fsp3) is 0.0833. The molecule has 0 radical (unpaired) electrons. The summed E-state index contributed by atoms with van der Waals surface area (Å²) in [7, 11) is 0. The van der Waals surface area contributed by atoms with Gasteiger partial charge in [-0.05, 0) is 54.1 Å². The number of amides is 1. The highest BCUT2D eigenvalue weighted by Crippen LogP contribution is 2.25. The summed E-state index contributed by atoms with van der Waals surface area (Å²) < 4.78 is 7.39. The number of anilines is 1. The standard InChI is InChI=1S/C24H18Cl3N3O2/c25-18-8-10-20(11-9-18)32-15-16-4-6-17(7-5-16)24(31)29-19-12-28-30(13-19)14-21-22(26)2-1-3-23(21)27/h1-13H,14-15H2,(H,29,31). The molecule has 1 amide bonds. The van der Waals surface area contributed by atoms with Crippen molar-refractivity contribution in [2.45, 2.75) is 13.2 Å². The summed E-state index contributed by atoms with van der Waals surface area (Å²) in [5.74, 6) is 0.497. The Morgan fingerprint density at radius 1 is 0.938 bits per heavy atom. The molecule has 162 valence electrons. The maximum absolute atomic E-state index is 12.6. The van der Waals surface area contributed by atoms with Crippen LogP contribution in [0.4, 0.5) is 5.69 Å². The minimum atomic E-state index is -0.231. The lowest BCUT2D eigenvalue weighted by molar-refractivity contribution is 0.102. The third-order valence-corrected chi connectivity index (χ3v) is 5.67. The van der Waals surface area contributed by atoms with E-state index in [1.54, 1.807) is 59.5 Å². The van der Waals surface area contributed by atoms with Gasteiger partial charge in [-0.1, -0.05) is 53.0 Å². The zero-order valence-electron chi connectivity index (χ0n) is 16.8. The van der Waals surface area contributed by atoms with Gasteiger partial charge in [0, 0.05) is 32.4 Å². The molecule has 0 aliphatic carbocycles. The van der Waals surface area contributed by atoms with Gasteiger partial charge in [-0.3, -0.25) is 9.48 Å². The number of ether oxygens (including phenoxy) is 1. The van der Waals surface area contributed by atoms with Crippen molar-refractivity contribution in [3.63, 3.8) is 0 Å². The fourth-order valence-corrected chi connectivity index (χ4v) is 3.66. The summed E-state index contributed by atoms with van der Waals surface area (Å²) in [5, 5.41) is 8.91. The van der Waals surface area contributed by atoms with Crippen molar-refractivity contribution >= 4 is 46.4 Å². The Kier molecular flexibility index (Phi) is 7.00. The Morgan fingerprint density at radius 3 is 2.31 bits per heavy atom. The first kappa shape index (κ1) is 22.2. The molecule has 1 N–H and O–H groups in total. The zero-order chi connectivity index (χ0) is 22.5. The van der Waals surface area contributed by atoms with Gasteiger partial charge in [0.05, 0.1) is 18.4 Å². The van der Waals surface area contributed by atoms with Crippen molar-refractivity contribution in [2.24, 2.45) is 0 Å². The normalized spacial score (nSPS) is 10.7. The third kappa shape index (κ3) is 5.62. The Bertz CT molecular complexity index is 1200. The van der Waals surface area contributed by atoms with E-state index in [-0.39, 0.29) is 5.91 Å². The minimum Gasteiger partial charge on any atom is -0.489 e. The molecule has 0 aliphatic rings. The molecule has 1 aromatic heterocycles. The highest BCUT2D eigenvalue weighted by atomic mass is 35.5. The number of rotatable bonds is 7. The molecule has 0 saturated heterocycles. The van der Waals surface area contributed by atoms with Gasteiger partial charge in [0.15, 0.2) is 0 Å². The van der Waals surface area contributed by atoms with E-state index < -0.39 is 0 Å². The maximum atomic E-state index is 12.6. The Hall–Kier alpha value is -2.99. The van der Waals surface area contributed by atoms with Gasteiger partial charge in [-0.15, -0.1) is 0 Å². The van der Waals surface area contributed by atoms with Crippen molar-refractivity contribution in [3.05, 3.63) is 111 Å². The Labute approximate surface area is 200 Å². The molecule has 0 saturated carbocycles. The number of nitrogens with one attached hydrogen (secondary N) is 1. The quantitative estimate of drug-likeness (QED) is 0.315. The first-order valence-electron chi connectivity index (χ1n) is 9.72. The van der Waals surface area contributed by atoms with Gasteiger partial charge in [-0.2, -0.15) is 5.10 Å². The van der Waals surface area contributed by atoms with Crippen LogP contribution in [0.2, 0.25) is 15.1 Å². The van der Waals surface area contributed by atoms with Gasteiger partial charge in [0.1, 0.15) is 12.4 Å². The molecule has 0 unspecified atom stereocenters. The number of aromatic nitrogens is 2. The number of hydrogen-bond acceptors (Lipinski definition) is 3. The van der Waals surface area contributed by atoms with Crippen molar-refractivity contribution in [1.82, 2.24) is 9.78 Å². The second kappa shape index (κ2) is 10.1. The average Bonchev–Trinajstić information content (AvgIpc) is 3.23. The Balaban J connectivity index is 1.34. The summed E-state index contributed by atoms with van der Waals surface area (Å²) in [6, 6.07) is 19.7. The highest BCUT2D eigenvalue weighted by molar-refractivity contribution is 6.36. The summed E-state index contributed by atoms with van der Waals surface area (Å²) in [6.07, 6.45) is 3.31. The maximum Gasteiger partial charge on any atom is 0.255 e. The second-order valence-corrected chi connectivity index (χ2v) is 8.27. The monoisotopic (exact) mass is 485 g/mol. The number of benzene rings is 3. The number of carbonyl (C=O) groups is 1. The fourth-order valence-electron chi connectivity index (χ4n) is 3.01. The van der Waals surface area contributed by atoms with E-state index in [1.807, 2.05) is 24.3 Å². The molecule has 3 aromatic carbocycles. The molecular weight excluding hydrogens is 469 g/mol. The van der Waals surface area contributed by atoms with E-state index in [0.717, 1.165) is 16.9 Å². The Morgan fingerprint density at radius 2 is 1.62 bits per heavy atom. The zero-order valence-corrected chi connectivity index (χ0v) is 19.0. The lowest BCUT2D eigenvalue weighted by atomic mass is 10.1. The van der Waals surface area contributed by atoms with Crippen molar-refractivity contribution in [3.8, 4) is 5.75 Å². The van der Waals surface area contributed by atoms with E-state index in [4.69, 9.17) is 39.5 Å². The first-order chi connectivity index (χ1) is 15.5. The van der Waals surface area contributed by atoms with Crippen LogP contribution in [0.3, 0.4) is 0 Å². The SMILES string of the molecule is O=C(Nc1cnn(Cc2c(Cl)cccc2Cl)c1)c1ccc(COc2ccc(Cl)cc2)cc1. The van der Waals surface area contributed by atoms with E-state index in [2.05, 4.69) is 10.4 Å². The molecule has 0 bridgehead atoms. The van der Waals surface area contributed by atoms with Crippen LogP contribution in [0, 0.1) is 0 Å². The molecule has 4 aromatic rings. The minimum absolute atomic E-state index is 0.231. The van der Waals surface area contributed by atoms with E-state index in [1.165, 1.54) is 0 Å². The van der Waals surface area contributed by atoms with Gasteiger partial charge in [-0.25, -0.2) is 0 Å².